The highest BCUT2D eigenvalue weighted by Crippen LogP contribution is 2.12. The number of halogens is 1. The fourth-order valence-electron chi connectivity index (χ4n) is 2.58. The molecule has 2 heterocycles. The molecule has 1 saturated heterocycles. The second kappa shape index (κ2) is 7.92. The third-order valence-electron chi connectivity index (χ3n) is 3.73. The lowest BCUT2D eigenvalue weighted by molar-refractivity contribution is 0.428. The van der Waals surface area contributed by atoms with Crippen LogP contribution in [-0.4, -0.2) is 37.3 Å². The van der Waals surface area contributed by atoms with Gasteiger partial charge in [0.25, 0.3) is 0 Å². The Morgan fingerprint density at radius 2 is 2.09 bits per heavy atom. The Bertz CT molecular complexity index is 712. The third-order valence-corrected chi connectivity index (χ3v) is 5.20. The Kier molecular flexibility index (Phi) is 6.17. The fourth-order valence-corrected chi connectivity index (χ4v) is 3.80. The Labute approximate surface area is 142 Å². The zero-order valence-electron chi connectivity index (χ0n) is 12.7. The number of piperidine rings is 1. The minimum Gasteiger partial charge on any atom is -0.315 e. The molecule has 2 aromatic rings. The SMILES string of the molecule is Cl.O=S(=O)(NC1CCCNC1)c1cnn(Cc2ccccc2)c1. The lowest BCUT2D eigenvalue weighted by atomic mass is 10.1. The van der Waals surface area contributed by atoms with Gasteiger partial charge in [-0.2, -0.15) is 5.10 Å². The molecule has 1 aliphatic heterocycles. The second-order valence-corrected chi connectivity index (χ2v) is 7.24. The molecule has 0 aliphatic carbocycles. The van der Waals surface area contributed by atoms with Gasteiger partial charge in [0.2, 0.25) is 10.0 Å². The summed E-state index contributed by atoms with van der Waals surface area (Å²) < 4.78 is 29.1. The van der Waals surface area contributed by atoms with Crippen molar-refractivity contribution in [3.8, 4) is 0 Å². The number of benzene rings is 1. The van der Waals surface area contributed by atoms with Crippen LogP contribution in [0.2, 0.25) is 0 Å². The highest BCUT2D eigenvalue weighted by atomic mass is 35.5. The molecule has 0 saturated carbocycles. The quantitative estimate of drug-likeness (QED) is 0.848. The monoisotopic (exact) mass is 356 g/mol. The number of nitrogens with one attached hydrogen (secondary N) is 2. The van der Waals surface area contributed by atoms with E-state index in [9.17, 15) is 8.42 Å². The van der Waals surface area contributed by atoms with E-state index in [0.29, 0.717) is 13.1 Å². The summed E-state index contributed by atoms with van der Waals surface area (Å²) in [7, 11) is -3.50. The molecule has 126 valence electrons. The number of rotatable bonds is 5. The van der Waals surface area contributed by atoms with Crippen LogP contribution in [0.3, 0.4) is 0 Å². The fraction of sp³-hybridized carbons (Fsp3) is 0.400. The van der Waals surface area contributed by atoms with Crippen molar-refractivity contribution in [2.45, 2.75) is 30.3 Å². The van der Waals surface area contributed by atoms with Crippen molar-refractivity contribution >= 4 is 22.4 Å². The van der Waals surface area contributed by atoms with Crippen LogP contribution in [0.15, 0.2) is 47.6 Å². The molecule has 1 atom stereocenters. The maximum absolute atomic E-state index is 12.4. The summed E-state index contributed by atoms with van der Waals surface area (Å²) in [5.41, 5.74) is 1.08. The molecule has 6 nitrogen and oxygen atoms in total. The van der Waals surface area contributed by atoms with Gasteiger partial charge in [-0.15, -0.1) is 12.4 Å². The predicted molar refractivity (Wildman–Crippen MR) is 91.2 cm³/mol. The van der Waals surface area contributed by atoms with E-state index in [1.807, 2.05) is 30.3 Å². The molecule has 0 spiro atoms. The van der Waals surface area contributed by atoms with Crippen molar-refractivity contribution in [3.63, 3.8) is 0 Å². The van der Waals surface area contributed by atoms with Crippen LogP contribution in [-0.2, 0) is 16.6 Å². The van der Waals surface area contributed by atoms with Gasteiger partial charge in [0.15, 0.2) is 0 Å². The molecule has 2 N–H and O–H groups in total. The molecule has 1 fully saturated rings. The predicted octanol–water partition coefficient (Wildman–Crippen LogP) is 1.38. The Morgan fingerprint density at radius 1 is 1.30 bits per heavy atom. The number of hydrogen-bond donors (Lipinski definition) is 2. The molecular weight excluding hydrogens is 336 g/mol. The molecule has 1 aliphatic rings. The molecule has 23 heavy (non-hydrogen) atoms. The maximum atomic E-state index is 12.4. The highest BCUT2D eigenvalue weighted by Gasteiger charge is 2.22. The lowest BCUT2D eigenvalue weighted by Gasteiger charge is -2.23. The van der Waals surface area contributed by atoms with Crippen LogP contribution in [0.5, 0.6) is 0 Å². The first kappa shape index (κ1) is 17.9. The molecule has 8 heteroatoms. The van der Waals surface area contributed by atoms with E-state index in [0.717, 1.165) is 24.9 Å². The average molecular weight is 357 g/mol. The summed E-state index contributed by atoms with van der Waals surface area (Å²) in [6.45, 7) is 2.19. The standard InChI is InChI=1S/C15H20N4O2S.ClH/c20-22(21,18-14-7-4-8-16-9-14)15-10-17-19(12-15)11-13-5-2-1-3-6-13;/h1-3,5-6,10,12,14,16,18H,4,7-9,11H2;1H. The maximum Gasteiger partial charge on any atom is 0.243 e. The van der Waals surface area contributed by atoms with Crippen molar-refractivity contribution in [1.82, 2.24) is 19.8 Å². The van der Waals surface area contributed by atoms with Gasteiger partial charge in [-0.3, -0.25) is 4.68 Å². The van der Waals surface area contributed by atoms with Crippen molar-refractivity contribution < 1.29 is 8.42 Å². The number of aromatic nitrogens is 2. The van der Waals surface area contributed by atoms with Crippen LogP contribution in [0, 0.1) is 0 Å². The number of sulfonamides is 1. The topological polar surface area (TPSA) is 76.0 Å². The van der Waals surface area contributed by atoms with E-state index in [2.05, 4.69) is 15.1 Å². The van der Waals surface area contributed by atoms with Crippen molar-refractivity contribution in [3.05, 3.63) is 48.3 Å². The van der Waals surface area contributed by atoms with Crippen LogP contribution < -0.4 is 10.0 Å². The Morgan fingerprint density at radius 3 is 2.78 bits per heavy atom. The van der Waals surface area contributed by atoms with Crippen molar-refractivity contribution in [2.75, 3.05) is 13.1 Å². The van der Waals surface area contributed by atoms with Crippen molar-refractivity contribution in [1.29, 1.82) is 0 Å². The van der Waals surface area contributed by atoms with Gasteiger partial charge in [0.05, 0.1) is 12.7 Å². The molecule has 1 unspecified atom stereocenters. The Hall–Kier alpha value is -1.41. The van der Waals surface area contributed by atoms with Gasteiger partial charge in [-0.05, 0) is 24.9 Å². The molecule has 0 radical (unpaired) electrons. The summed E-state index contributed by atoms with van der Waals surface area (Å²) in [6, 6.07) is 9.78. The number of hydrogen-bond acceptors (Lipinski definition) is 4. The molecule has 0 amide bonds. The molecule has 3 rings (SSSR count). The van der Waals surface area contributed by atoms with E-state index >= 15 is 0 Å². The van der Waals surface area contributed by atoms with Crippen LogP contribution in [0.25, 0.3) is 0 Å². The highest BCUT2D eigenvalue weighted by molar-refractivity contribution is 7.89. The third kappa shape index (κ3) is 4.78. The van der Waals surface area contributed by atoms with Crippen LogP contribution in [0.1, 0.15) is 18.4 Å². The zero-order chi connectivity index (χ0) is 15.4. The van der Waals surface area contributed by atoms with E-state index in [-0.39, 0.29) is 23.3 Å². The summed E-state index contributed by atoms with van der Waals surface area (Å²) >= 11 is 0. The van der Waals surface area contributed by atoms with Gasteiger partial charge < -0.3 is 5.32 Å². The van der Waals surface area contributed by atoms with Gasteiger partial charge in [0.1, 0.15) is 4.90 Å². The molecule has 0 bridgehead atoms. The largest absolute Gasteiger partial charge is 0.315 e. The molecule has 1 aromatic carbocycles. The first-order valence-corrected chi connectivity index (χ1v) is 8.91. The van der Waals surface area contributed by atoms with Gasteiger partial charge in [0, 0.05) is 18.8 Å². The van der Waals surface area contributed by atoms with Gasteiger partial charge in [-0.25, -0.2) is 13.1 Å². The van der Waals surface area contributed by atoms with E-state index in [1.165, 1.54) is 6.20 Å². The zero-order valence-corrected chi connectivity index (χ0v) is 14.3. The summed E-state index contributed by atoms with van der Waals surface area (Å²) in [5, 5.41) is 7.35. The first-order valence-electron chi connectivity index (χ1n) is 7.43. The Balaban J connectivity index is 0.00000192. The summed E-state index contributed by atoms with van der Waals surface area (Å²) in [5.74, 6) is 0. The van der Waals surface area contributed by atoms with Gasteiger partial charge in [-0.1, -0.05) is 30.3 Å². The first-order chi connectivity index (χ1) is 10.6. The number of nitrogens with zero attached hydrogens (tertiary/aromatic N) is 2. The minimum atomic E-state index is -3.50. The van der Waals surface area contributed by atoms with E-state index in [1.54, 1.807) is 10.9 Å². The van der Waals surface area contributed by atoms with Gasteiger partial charge >= 0.3 is 0 Å². The normalized spacial score (nSPS) is 18.3. The van der Waals surface area contributed by atoms with E-state index < -0.39 is 10.0 Å². The summed E-state index contributed by atoms with van der Waals surface area (Å²) in [4.78, 5) is 0.217. The van der Waals surface area contributed by atoms with Crippen LogP contribution in [0.4, 0.5) is 0 Å². The van der Waals surface area contributed by atoms with Crippen LogP contribution >= 0.6 is 12.4 Å². The summed E-state index contributed by atoms with van der Waals surface area (Å²) in [6.07, 6.45) is 4.83. The molecular formula is C15H21ClN4O2S. The second-order valence-electron chi connectivity index (χ2n) is 5.52. The minimum absolute atomic E-state index is 0. The van der Waals surface area contributed by atoms with E-state index in [4.69, 9.17) is 0 Å². The lowest BCUT2D eigenvalue weighted by Crippen LogP contribution is -2.45. The molecule has 1 aromatic heterocycles. The van der Waals surface area contributed by atoms with Crippen molar-refractivity contribution in [2.24, 2.45) is 0 Å². The smallest absolute Gasteiger partial charge is 0.243 e. The average Bonchev–Trinajstić information content (AvgIpc) is 2.98.